The molecule has 1 saturated carbocycles. The molecular formula is C15H24N2O. The summed E-state index contributed by atoms with van der Waals surface area (Å²) in [5.41, 5.74) is 0.936. The second-order valence-corrected chi connectivity index (χ2v) is 5.49. The third-order valence-electron chi connectivity index (χ3n) is 3.91. The molecule has 2 atom stereocenters. The lowest BCUT2D eigenvalue weighted by molar-refractivity contribution is 0.168. The summed E-state index contributed by atoms with van der Waals surface area (Å²) in [6.07, 6.45) is 9.83. The van der Waals surface area contributed by atoms with Crippen LogP contribution < -0.4 is 5.32 Å². The minimum Gasteiger partial charge on any atom is -0.387 e. The van der Waals surface area contributed by atoms with Gasteiger partial charge < -0.3 is 10.4 Å². The average Bonchev–Trinajstić information content (AvgIpc) is 2.90. The summed E-state index contributed by atoms with van der Waals surface area (Å²) in [7, 11) is 0. The van der Waals surface area contributed by atoms with Crippen molar-refractivity contribution in [3.05, 3.63) is 30.1 Å². The number of pyridine rings is 1. The molecule has 1 fully saturated rings. The van der Waals surface area contributed by atoms with Crippen LogP contribution in [0.25, 0.3) is 0 Å². The second kappa shape index (κ2) is 6.86. The summed E-state index contributed by atoms with van der Waals surface area (Å²) in [5, 5.41) is 13.5. The lowest BCUT2D eigenvalue weighted by atomic mass is 9.99. The molecule has 2 N–H and O–H groups in total. The summed E-state index contributed by atoms with van der Waals surface area (Å²) in [4.78, 5) is 3.96. The van der Waals surface area contributed by atoms with E-state index < -0.39 is 6.10 Å². The Kier molecular flexibility index (Phi) is 5.14. The van der Waals surface area contributed by atoms with Crippen molar-refractivity contribution in [1.29, 1.82) is 0 Å². The maximum atomic E-state index is 10.0. The number of hydrogen-bond donors (Lipinski definition) is 2. The molecule has 1 aromatic rings. The van der Waals surface area contributed by atoms with Gasteiger partial charge in [0.2, 0.25) is 0 Å². The first-order valence-corrected chi connectivity index (χ1v) is 7.07. The molecule has 2 rings (SSSR count). The molecule has 0 saturated heterocycles. The van der Waals surface area contributed by atoms with Crippen molar-refractivity contribution >= 4 is 0 Å². The van der Waals surface area contributed by atoms with Crippen LogP contribution in [0.4, 0.5) is 0 Å². The minimum absolute atomic E-state index is 0.431. The van der Waals surface area contributed by atoms with E-state index in [9.17, 15) is 5.11 Å². The normalized spacial score (nSPS) is 19.9. The maximum absolute atomic E-state index is 10.0. The number of aliphatic hydroxyl groups excluding tert-OH is 1. The molecule has 100 valence electrons. The number of aromatic nitrogens is 1. The molecule has 3 nitrogen and oxygen atoms in total. The van der Waals surface area contributed by atoms with Gasteiger partial charge in [-0.1, -0.05) is 25.7 Å². The van der Waals surface area contributed by atoms with Gasteiger partial charge in [0, 0.05) is 25.0 Å². The van der Waals surface area contributed by atoms with Gasteiger partial charge in [0.05, 0.1) is 6.10 Å². The Bertz CT molecular complexity index is 336. The van der Waals surface area contributed by atoms with Gasteiger partial charge in [0.15, 0.2) is 0 Å². The van der Waals surface area contributed by atoms with E-state index in [0.717, 1.165) is 11.5 Å². The van der Waals surface area contributed by atoms with Crippen molar-refractivity contribution in [3.8, 4) is 0 Å². The lowest BCUT2D eigenvalue weighted by Gasteiger charge is -2.20. The minimum atomic E-state index is -0.431. The molecule has 0 bridgehead atoms. The summed E-state index contributed by atoms with van der Waals surface area (Å²) in [6.45, 7) is 2.84. The van der Waals surface area contributed by atoms with E-state index in [1.165, 1.54) is 32.1 Å². The van der Waals surface area contributed by atoms with E-state index in [2.05, 4.69) is 17.2 Å². The number of rotatable bonds is 6. The number of nitrogens with zero attached hydrogens (tertiary/aromatic N) is 1. The maximum Gasteiger partial charge on any atom is 0.0915 e. The molecule has 0 aliphatic heterocycles. The zero-order chi connectivity index (χ0) is 12.8. The summed E-state index contributed by atoms with van der Waals surface area (Å²) in [5.74, 6) is 0.894. The van der Waals surface area contributed by atoms with Crippen molar-refractivity contribution in [3.63, 3.8) is 0 Å². The molecule has 1 aliphatic rings. The van der Waals surface area contributed by atoms with Gasteiger partial charge in [-0.05, 0) is 37.0 Å². The van der Waals surface area contributed by atoms with Gasteiger partial charge in [-0.15, -0.1) is 0 Å². The molecule has 1 aliphatic carbocycles. The largest absolute Gasteiger partial charge is 0.387 e. The van der Waals surface area contributed by atoms with E-state index >= 15 is 0 Å². The second-order valence-electron chi connectivity index (χ2n) is 5.49. The van der Waals surface area contributed by atoms with Crippen LogP contribution in [0.3, 0.4) is 0 Å². The van der Waals surface area contributed by atoms with Crippen LogP contribution in [0.2, 0.25) is 0 Å². The Hall–Kier alpha value is -0.930. The monoisotopic (exact) mass is 248 g/mol. The molecule has 3 heteroatoms. The quantitative estimate of drug-likeness (QED) is 0.813. The van der Waals surface area contributed by atoms with Gasteiger partial charge >= 0.3 is 0 Å². The van der Waals surface area contributed by atoms with Crippen LogP contribution in [0.1, 0.15) is 50.7 Å². The molecule has 1 heterocycles. The van der Waals surface area contributed by atoms with Gasteiger partial charge in [0.25, 0.3) is 0 Å². The summed E-state index contributed by atoms with van der Waals surface area (Å²) < 4.78 is 0. The first kappa shape index (κ1) is 13.5. The van der Waals surface area contributed by atoms with Crippen LogP contribution in [0.5, 0.6) is 0 Å². The highest BCUT2D eigenvalue weighted by molar-refractivity contribution is 5.13. The fourth-order valence-corrected chi connectivity index (χ4v) is 2.85. The van der Waals surface area contributed by atoms with E-state index in [-0.39, 0.29) is 0 Å². The molecule has 0 aromatic carbocycles. The zero-order valence-corrected chi connectivity index (χ0v) is 11.2. The number of aliphatic hydroxyl groups is 1. The smallest absolute Gasteiger partial charge is 0.0915 e. The van der Waals surface area contributed by atoms with E-state index in [4.69, 9.17) is 0 Å². The van der Waals surface area contributed by atoms with Crippen molar-refractivity contribution in [2.45, 2.75) is 51.2 Å². The first-order chi connectivity index (χ1) is 8.75. The highest BCUT2D eigenvalue weighted by Crippen LogP contribution is 2.28. The number of hydrogen-bond acceptors (Lipinski definition) is 3. The summed E-state index contributed by atoms with van der Waals surface area (Å²) in [6, 6.07) is 4.23. The van der Waals surface area contributed by atoms with Gasteiger partial charge in [-0.2, -0.15) is 0 Å². The molecule has 0 spiro atoms. The van der Waals surface area contributed by atoms with Crippen LogP contribution in [-0.4, -0.2) is 22.7 Å². The first-order valence-electron chi connectivity index (χ1n) is 7.07. The van der Waals surface area contributed by atoms with Crippen molar-refractivity contribution < 1.29 is 5.11 Å². The Balaban J connectivity index is 1.70. The molecule has 0 amide bonds. The molecule has 2 unspecified atom stereocenters. The molecular weight excluding hydrogens is 224 g/mol. The van der Waals surface area contributed by atoms with Crippen molar-refractivity contribution in [2.75, 3.05) is 6.54 Å². The lowest BCUT2D eigenvalue weighted by Crippen LogP contribution is -2.31. The average molecular weight is 248 g/mol. The third kappa shape index (κ3) is 4.07. The fourth-order valence-electron chi connectivity index (χ4n) is 2.85. The van der Waals surface area contributed by atoms with Crippen LogP contribution in [0.15, 0.2) is 24.5 Å². The van der Waals surface area contributed by atoms with E-state index in [1.807, 2.05) is 12.1 Å². The van der Waals surface area contributed by atoms with Gasteiger partial charge in [-0.25, -0.2) is 0 Å². The molecule has 1 aromatic heterocycles. The fraction of sp³-hybridized carbons (Fsp3) is 0.667. The SMILES string of the molecule is CC(CC1CCCC1)NCC(O)c1ccncc1. The zero-order valence-electron chi connectivity index (χ0n) is 11.2. The van der Waals surface area contributed by atoms with E-state index in [1.54, 1.807) is 12.4 Å². The Morgan fingerprint density at radius 1 is 1.33 bits per heavy atom. The van der Waals surface area contributed by atoms with E-state index in [0.29, 0.717) is 12.6 Å². The standard InChI is InChI=1S/C15H24N2O/c1-12(10-13-4-2-3-5-13)17-11-15(18)14-6-8-16-9-7-14/h6-9,12-13,15,17-18H,2-5,10-11H2,1H3. The Morgan fingerprint density at radius 3 is 2.67 bits per heavy atom. The highest BCUT2D eigenvalue weighted by Gasteiger charge is 2.18. The van der Waals surface area contributed by atoms with Gasteiger partial charge in [0.1, 0.15) is 0 Å². The van der Waals surface area contributed by atoms with Crippen LogP contribution >= 0.6 is 0 Å². The topological polar surface area (TPSA) is 45.1 Å². The summed E-state index contributed by atoms with van der Waals surface area (Å²) >= 11 is 0. The highest BCUT2D eigenvalue weighted by atomic mass is 16.3. The Morgan fingerprint density at radius 2 is 2.00 bits per heavy atom. The van der Waals surface area contributed by atoms with Crippen molar-refractivity contribution in [1.82, 2.24) is 10.3 Å². The Labute approximate surface area is 110 Å². The predicted octanol–water partition coefficient (Wildman–Crippen LogP) is 2.67. The molecule has 0 radical (unpaired) electrons. The predicted molar refractivity (Wildman–Crippen MR) is 73.2 cm³/mol. The van der Waals surface area contributed by atoms with Crippen LogP contribution in [-0.2, 0) is 0 Å². The third-order valence-corrected chi connectivity index (χ3v) is 3.91. The number of nitrogens with one attached hydrogen (secondary N) is 1. The molecule has 18 heavy (non-hydrogen) atoms. The van der Waals surface area contributed by atoms with Crippen molar-refractivity contribution in [2.24, 2.45) is 5.92 Å². The van der Waals surface area contributed by atoms with Crippen LogP contribution in [0, 0.1) is 5.92 Å². The van der Waals surface area contributed by atoms with Gasteiger partial charge in [-0.3, -0.25) is 4.98 Å².